The van der Waals surface area contributed by atoms with E-state index in [9.17, 15) is 4.79 Å². The maximum Gasteiger partial charge on any atom is 0.239 e. The molecule has 1 aliphatic carbocycles. The highest BCUT2D eigenvalue weighted by Crippen LogP contribution is 2.20. The number of hydrogen-bond acceptors (Lipinski definition) is 3. The minimum absolute atomic E-state index is 0.0185. The van der Waals surface area contributed by atoms with Crippen molar-refractivity contribution in [2.75, 3.05) is 20.2 Å². The predicted octanol–water partition coefficient (Wildman–Crippen LogP) is 1.06. The van der Waals surface area contributed by atoms with E-state index in [-0.39, 0.29) is 5.91 Å². The lowest BCUT2D eigenvalue weighted by Crippen LogP contribution is -2.51. The summed E-state index contributed by atoms with van der Waals surface area (Å²) in [6.45, 7) is 4.94. The Morgan fingerprint density at radius 2 is 2.00 bits per heavy atom. The molecule has 2 N–H and O–H groups in total. The Kier molecular flexibility index (Phi) is 5.22. The molecular formula is C12H24N2O2. The number of hydrogen-bond donors (Lipinski definition) is 2. The predicted molar refractivity (Wildman–Crippen MR) is 64.4 cm³/mol. The molecule has 1 aliphatic rings. The molecule has 1 fully saturated rings. The molecule has 1 rings (SSSR count). The fourth-order valence-corrected chi connectivity index (χ4v) is 1.78. The van der Waals surface area contributed by atoms with E-state index in [2.05, 4.69) is 10.6 Å². The van der Waals surface area contributed by atoms with Gasteiger partial charge in [0.2, 0.25) is 5.91 Å². The third-order valence-corrected chi connectivity index (χ3v) is 3.24. The second kappa shape index (κ2) is 6.21. The van der Waals surface area contributed by atoms with Crippen molar-refractivity contribution in [3.63, 3.8) is 0 Å². The summed E-state index contributed by atoms with van der Waals surface area (Å²) in [6.07, 6.45) is 5.34. The van der Waals surface area contributed by atoms with Crippen LogP contribution in [0.5, 0.6) is 0 Å². The first kappa shape index (κ1) is 13.5. The maximum absolute atomic E-state index is 11.7. The number of nitrogens with one attached hydrogen (secondary N) is 2. The van der Waals surface area contributed by atoms with Crippen LogP contribution in [0.3, 0.4) is 0 Å². The molecule has 0 aromatic heterocycles. The van der Waals surface area contributed by atoms with Crippen LogP contribution in [0.2, 0.25) is 0 Å². The summed E-state index contributed by atoms with van der Waals surface area (Å²) in [5.41, 5.74) is -0.507. The molecule has 16 heavy (non-hydrogen) atoms. The highest BCUT2D eigenvalue weighted by molar-refractivity contribution is 5.85. The summed E-state index contributed by atoms with van der Waals surface area (Å²) in [5.74, 6) is 0.0185. The standard InChI is InChI=1S/C12H24N2O2/c1-12(2,13-3)11(15)14-8-9-16-10-6-4-5-7-10/h10,13H,4-9H2,1-3H3,(H,14,15). The first-order valence-corrected chi connectivity index (χ1v) is 6.15. The van der Waals surface area contributed by atoms with Crippen LogP contribution in [-0.4, -0.2) is 37.7 Å². The quantitative estimate of drug-likeness (QED) is 0.668. The van der Waals surface area contributed by atoms with E-state index >= 15 is 0 Å². The van der Waals surface area contributed by atoms with Gasteiger partial charge in [-0.05, 0) is 33.7 Å². The molecule has 0 aliphatic heterocycles. The largest absolute Gasteiger partial charge is 0.376 e. The third-order valence-electron chi connectivity index (χ3n) is 3.24. The first-order chi connectivity index (χ1) is 7.56. The molecule has 0 aromatic rings. The lowest BCUT2D eigenvalue weighted by Gasteiger charge is -2.22. The van der Waals surface area contributed by atoms with E-state index in [0.717, 1.165) is 0 Å². The molecule has 0 spiro atoms. The Balaban J connectivity index is 2.08. The Bertz CT molecular complexity index is 223. The number of carbonyl (C=O) groups excluding carboxylic acids is 1. The normalized spacial score (nSPS) is 17.7. The summed E-state index contributed by atoms with van der Waals surface area (Å²) in [7, 11) is 1.79. The van der Waals surface area contributed by atoms with Crippen molar-refractivity contribution in [3.8, 4) is 0 Å². The van der Waals surface area contributed by atoms with E-state index < -0.39 is 5.54 Å². The Hall–Kier alpha value is -0.610. The molecule has 0 atom stereocenters. The highest BCUT2D eigenvalue weighted by Gasteiger charge is 2.24. The van der Waals surface area contributed by atoms with Gasteiger partial charge in [-0.25, -0.2) is 0 Å². The van der Waals surface area contributed by atoms with Crippen molar-refractivity contribution in [1.29, 1.82) is 0 Å². The van der Waals surface area contributed by atoms with Gasteiger partial charge in [0.25, 0.3) is 0 Å². The minimum Gasteiger partial charge on any atom is -0.376 e. The van der Waals surface area contributed by atoms with Crippen LogP contribution < -0.4 is 10.6 Å². The lowest BCUT2D eigenvalue weighted by atomic mass is 10.1. The van der Waals surface area contributed by atoms with Gasteiger partial charge in [-0.1, -0.05) is 12.8 Å². The molecule has 4 heteroatoms. The van der Waals surface area contributed by atoms with Gasteiger partial charge in [0.1, 0.15) is 0 Å². The average Bonchev–Trinajstić information content (AvgIpc) is 2.76. The molecule has 94 valence electrons. The van der Waals surface area contributed by atoms with Gasteiger partial charge in [0.05, 0.1) is 18.2 Å². The number of rotatable bonds is 6. The number of carbonyl (C=O) groups is 1. The summed E-state index contributed by atoms with van der Waals surface area (Å²) in [4.78, 5) is 11.7. The monoisotopic (exact) mass is 228 g/mol. The number of amides is 1. The van der Waals surface area contributed by atoms with Crippen LogP contribution in [-0.2, 0) is 9.53 Å². The molecular weight excluding hydrogens is 204 g/mol. The zero-order valence-corrected chi connectivity index (χ0v) is 10.6. The van der Waals surface area contributed by atoms with Crippen molar-refractivity contribution >= 4 is 5.91 Å². The zero-order valence-electron chi connectivity index (χ0n) is 10.6. The Morgan fingerprint density at radius 1 is 1.38 bits per heavy atom. The van der Waals surface area contributed by atoms with Crippen LogP contribution in [0, 0.1) is 0 Å². The van der Waals surface area contributed by atoms with E-state index in [0.29, 0.717) is 19.3 Å². The second-order valence-electron chi connectivity index (χ2n) is 4.91. The van der Waals surface area contributed by atoms with Gasteiger partial charge in [0, 0.05) is 6.54 Å². The van der Waals surface area contributed by atoms with E-state index in [4.69, 9.17) is 4.74 Å². The fourth-order valence-electron chi connectivity index (χ4n) is 1.78. The van der Waals surface area contributed by atoms with Crippen molar-refractivity contribution in [3.05, 3.63) is 0 Å². The molecule has 4 nitrogen and oxygen atoms in total. The van der Waals surface area contributed by atoms with Gasteiger partial charge in [-0.2, -0.15) is 0 Å². The summed E-state index contributed by atoms with van der Waals surface area (Å²) in [5, 5.41) is 5.84. The third kappa shape index (κ3) is 4.10. The van der Waals surface area contributed by atoms with Gasteiger partial charge in [-0.15, -0.1) is 0 Å². The molecule has 0 heterocycles. The maximum atomic E-state index is 11.7. The van der Waals surface area contributed by atoms with E-state index in [1.807, 2.05) is 13.8 Å². The molecule has 0 bridgehead atoms. The van der Waals surface area contributed by atoms with Crippen molar-refractivity contribution in [2.45, 2.75) is 51.2 Å². The van der Waals surface area contributed by atoms with Gasteiger partial charge < -0.3 is 15.4 Å². The van der Waals surface area contributed by atoms with Crippen LogP contribution in [0.15, 0.2) is 0 Å². The molecule has 1 saturated carbocycles. The summed E-state index contributed by atoms with van der Waals surface area (Å²) >= 11 is 0. The first-order valence-electron chi connectivity index (χ1n) is 6.15. The molecule has 1 amide bonds. The van der Waals surface area contributed by atoms with E-state index in [1.54, 1.807) is 7.05 Å². The second-order valence-corrected chi connectivity index (χ2v) is 4.91. The van der Waals surface area contributed by atoms with Gasteiger partial charge >= 0.3 is 0 Å². The van der Waals surface area contributed by atoms with Crippen molar-refractivity contribution < 1.29 is 9.53 Å². The van der Waals surface area contributed by atoms with Gasteiger partial charge in [0.15, 0.2) is 0 Å². The van der Waals surface area contributed by atoms with Crippen molar-refractivity contribution in [1.82, 2.24) is 10.6 Å². The summed E-state index contributed by atoms with van der Waals surface area (Å²) in [6, 6.07) is 0. The van der Waals surface area contributed by atoms with Crippen LogP contribution in [0.1, 0.15) is 39.5 Å². The van der Waals surface area contributed by atoms with Gasteiger partial charge in [-0.3, -0.25) is 4.79 Å². The Labute approximate surface area is 98.1 Å². The van der Waals surface area contributed by atoms with Crippen LogP contribution in [0.25, 0.3) is 0 Å². The lowest BCUT2D eigenvalue weighted by molar-refractivity contribution is -0.126. The molecule has 0 unspecified atom stereocenters. The smallest absolute Gasteiger partial charge is 0.239 e. The minimum atomic E-state index is -0.507. The average molecular weight is 228 g/mol. The van der Waals surface area contributed by atoms with E-state index in [1.165, 1.54) is 25.7 Å². The van der Waals surface area contributed by atoms with Crippen LogP contribution in [0.4, 0.5) is 0 Å². The summed E-state index contributed by atoms with van der Waals surface area (Å²) < 4.78 is 5.66. The molecule has 0 radical (unpaired) electrons. The SMILES string of the molecule is CNC(C)(C)C(=O)NCCOC1CCCC1. The topological polar surface area (TPSA) is 50.4 Å². The van der Waals surface area contributed by atoms with Crippen molar-refractivity contribution in [2.24, 2.45) is 0 Å². The fraction of sp³-hybridized carbons (Fsp3) is 0.917. The molecule has 0 aromatic carbocycles. The highest BCUT2D eigenvalue weighted by atomic mass is 16.5. The molecule has 0 saturated heterocycles. The Morgan fingerprint density at radius 3 is 2.56 bits per heavy atom. The number of likely N-dealkylation sites (N-methyl/N-ethyl adjacent to an activating group) is 1. The van der Waals surface area contributed by atoms with Crippen LogP contribution >= 0.6 is 0 Å². The number of ether oxygens (including phenoxy) is 1. The zero-order chi connectivity index (χ0) is 12.0.